The highest BCUT2D eigenvalue weighted by molar-refractivity contribution is 5.71. The lowest BCUT2D eigenvalue weighted by molar-refractivity contribution is -0.146. The van der Waals surface area contributed by atoms with E-state index in [1.807, 2.05) is 0 Å². The van der Waals surface area contributed by atoms with Gasteiger partial charge in [0.25, 0.3) is 0 Å². The maximum absolute atomic E-state index is 12.4. The molecule has 6 heteroatoms. The molecule has 0 saturated carbocycles. The standard InChI is InChI=1S/C12H13F3O3/c1-8(11(16)17-2)7-18-10-5-3-4-9(6-10)12(13,14)15/h3-6,8H,7H2,1-2H3. The van der Waals surface area contributed by atoms with Crippen LogP contribution in [0.3, 0.4) is 0 Å². The number of esters is 1. The summed E-state index contributed by atoms with van der Waals surface area (Å²) in [5, 5.41) is 0. The number of benzene rings is 1. The Bertz CT molecular complexity index is 415. The highest BCUT2D eigenvalue weighted by atomic mass is 19.4. The van der Waals surface area contributed by atoms with E-state index >= 15 is 0 Å². The number of carbonyl (C=O) groups excluding carboxylic acids is 1. The van der Waals surface area contributed by atoms with E-state index in [0.29, 0.717) is 0 Å². The van der Waals surface area contributed by atoms with Gasteiger partial charge >= 0.3 is 12.1 Å². The van der Waals surface area contributed by atoms with E-state index in [9.17, 15) is 18.0 Å². The predicted octanol–water partition coefficient (Wildman–Crippen LogP) is 2.89. The molecule has 0 aliphatic rings. The van der Waals surface area contributed by atoms with E-state index in [2.05, 4.69) is 4.74 Å². The summed E-state index contributed by atoms with van der Waals surface area (Å²) >= 11 is 0. The zero-order valence-electron chi connectivity index (χ0n) is 9.95. The van der Waals surface area contributed by atoms with Crippen LogP contribution in [0.15, 0.2) is 24.3 Å². The average molecular weight is 262 g/mol. The van der Waals surface area contributed by atoms with E-state index in [0.717, 1.165) is 12.1 Å². The van der Waals surface area contributed by atoms with Gasteiger partial charge in [-0.25, -0.2) is 0 Å². The molecule has 1 rings (SSSR count). The van der Waals surface area contributed by atoms with Crippen LogP contribution in [0.5, 0.6) is 5.75 Å². The largest absolute Gasteiger partial charge is 0.493 e. The molecule has 0 fully saturated rings. The van der Waals surface area contributed by atoms with Crippen molar-refractivity contribution in [3.8, 4) is 5.75 Å². The molecule has 0 heterocycles. The first-order chi connectivity index (χ1) is 8.34. The van der Waals surface area contributed by atoms with Crippen LogP contribution in [0, 0.1) is 5.92 Å². The van der Waals surface area contributed by atoms with Gasteiger partial charge in [0.15, 0.2) is 0 Å². The summed E-state index contributed by atoms with van der Waals surface area (Å²) in [6, 6.07) is 4.50. The van der Waals surface area contributed by atoms with Gasteiger partial charge in [-0.2, -0.15) is 13.2 Å². The SMILES string of the molecule is COC(=O)C(C)COc1cccc(C(F)(F)F)c1. The smallest absolute Gasteiger partial charge is 0.416 e. The van der Waals surface area contributed by atoms with Crippen molar-refractivity contribution in [2.75, 3.05) is 13.7 Å². The minimum absolute atomic E-state index is 0.0337. The second kappa shape index (κ2) is 5.75. The fraction of sp³-hybridized carbons (Fsp3) is 0.417. The number of ether oxygens (including phenoxy) is 2. The average Bonchev–Trinajstić information content (AvgIpc) is 2.34. The molecule has 3 nitrogen and oxygen atoms in total. The molecule has 0 bridgehead atoms. The van der Waals surface area contributed by atoms with Crippen molar-refractivity contribution in [1.82, 2.24) is 0 Å². The molecule has 1 atom stereocenters. The molecule has 0 aromatic heterocycles. The Balaban J connectivity index is 2.66. The van der Waals surface area contributed by atoms with Gasteiger partial charge in [0.1, 0.15) is 12.4 Å². The molecular weight excluding hydrogens is 249 g/mol. The molecule has 1 aromatic carbocycles. The van der Waals surface area contributed by atoms with Gasteiger partial charge in [0.05, 0.1) is 18.6 Å². The number of hydrogen-bond donors (Lipinski definition) is 0. The number of halogens is 3. The summed E-state index contributed by atoms with van der Waals surface area (Å²) in [5.74, 6) is -0.938. The summed E-state index contributed by atoms with van der Waals surface area (Å²) in [7, 11) is 1.24. The second-order valence-corrected chi connectivity index (χ2v) is 3.76. The van der Waals surface area contributed by atoms with Gasteiger partial charge in [-0.3, -0.25) is 4.79 Å². The monoisotopic (exact) mass is 262 g/mol. The molecule has 0 saturated heterocycles. The van der Waals surface area contributed by atoms with Crippen LogP contribution in [0.25, 0.3) is 0 Å². The summed E-state index contributed by atoms with van der Waals surface area (Å²) < 4.78 is 46.9. The third-order valence-electron chi connectivity index (χ3n) is 2.26. The highest BCUT2D eigenvalue weighted by Crippen LogP contribution is 2.31. The quantitative estimate of drug-likeness (QED) is 0.783. The summed E-state index contributed by atoms with van der Waals surface area (Å²) in [6.45, 7) is 1.54. The zero-order chi connectivity index (χ0) is 13.8. The van der Waals surface area contributed by atoms with E-state index in [1.165, 1.54) is 19.2 Å². The number of methoxy groups -OCH3 is 1. The van der Waals surface area contributed by atoms with Gasteiger partial charge < -0.3 is 9.47 Å². The van der Waals surface area contributed by atoms with Crippen molar-refractivity contribution in [1.29, 1.82) is 0 Å². The van der Waals surface area contributed by atoms with E-state index < -0.39 is 23.6 Å². The van der Waals surface area contributed by atoms with Crippen LogP contribution < -0.4 is 4.74 Å². The molecular formula is C12H13F3O3. The molecule has 1 unspecified atom stereocenters. The molecule has 0 aliphatic heterocycles. The molecule has 0 radical (unpaired) electrons. The number of carbonyl (C=O) groups is 1. The van der Waals surface area contributed by atoms with E-state index in [-0.39, 0.29) is 12.4 Å². The topological polar surface area (TPSA) is 35.5 Å². The van der Waals surface area contributed by atoms with E-state index in [4.69, 9.17) is 4.74 Å². The Hall–Kier alpha value is -1.72. The summed E-state index contributed by atoms with van der Waals surface area (Å²) in [5.41, 5.74) is -0.786. The molecule has 0 aliphatic carbocycles. The third kappa shape index (κ3) is 3.94. The van der Waals surface area contributed by atoms with Gasteiger partial charge in [0.2, 0.25) is 0 Å². The maximum atomic E-state index is 12.4. The van der Waals surface area contributed by atoms with Crippen molar-refractivity contribution in [3.63, 3.8) is 0 Å². The van der Waals surface area contributed by atoms with Crippen LogP contribution in [0.2, 0.25) is 0 Å². The maximum Gasteiger partial charge on any atom is 0.416 e. The highest BCUT2D eigenvalue weighted by Gasteiger charge is 2.30. The van der Waals surface area contributed by atoms with Crippen molar-refractivity contribution in [2.45, 2.75) is 13.1 Å². The van der Waals surface area contributed by atoms with Crippen LogP contribution in [0.4, 0.5) is 13.2 Å². The van der Waals surface area contributed by atoms with Gasteiger partial charge in [-0.15, -0.1) is 0 Å². The number of rotatable bonds is 4. The van der Waals surface area contributed by atoms with Gasteiger partial charge in [0, 0.05) is 0 Å². The van der Waals surface area contributed by atoms with Crippen LogP contribution in [-0.2, 0) is 15.7 Å². The molecule has 1 aromatic rings. The van der Waals surface area contributed by atoms with Crippen molar-refractivity contribution in [2.24, 2.45) is 5.92 Å². The van der Waals surface area contributed by atoms with Gasteiger partial charge in [-0.05, 0) is 25.1 Å². The molecule has 0 N–H and O–H groups in total. The minimum atomic E-state index is -4.41. The van der Waals surface area contributed by atoms with Crippen molar-refractivity contribution >= 4 is 5.97 Å². The molecule has 18 heavy (non-hydrogen) atoms. The van der Waals surface area contributed by atoms with E-state index in [1.54, 1.807) is 6.92 Å². The molecule has 0 spiro atoms. The first kappa shape index (κ1) is 14.3. The fourth-order valence-corrected chi connectivity index (χ4v) is 1.25. The number of hydrogen-bond acceptors (Lipinski definition) is 3. The number of alkyl halides is 3. The van der Waals surface area contributed by atoms with Crippen LogP contribution in [-0.4, -0.2) is 19.7 Å². The second-order valence-electron chi connectivity index (χ2n) is 3.76. The lowest BCUT2D eigenvalue weighted by Gasteiger charge is -2.12. The summed E-state index contributed by atoms with van der Waals surface area (Å²) in [6.07, 6.45) is -4.41. The van der Waals surface area contributed by atoms with Crippen LogP contribution >= 0.6 is 0 Å². The van der Waals surface area contributed by atoms with Crippen molar-refractivity contribution in [3.05, 3.63) is 29.8 Å². The summed E-state index contributed by atoms with van der Waals surface area (Å²) in [4.78, 5) is 11.1. The third-order valence-corrected chi connectivity index (χ3v) is 2.26. The Labute approximate surface area is 103 Å². The Morgan fingerprint density at radius 3 is 2.61 bits per heavy atom. The first-order valence-corrected chi connectivity index (χ1v) is 5.22. The van der Waals surface area contributed by atoms with Crippen molar-refractivity contribution < 1.29 is 27.4 Å². The zero-order valence-corrected chi connectivity index (χ0v) is 9.95. The Kier molecular flexibility index (Phi) is 4.58. The lowest BCUT2D eigenvalue weighted by atomic mass is 10.2. The normalized spacial score (nSPS) is 12.9. The van der Waals surface area contributed by atoms with Crippen LogP contribution in [0.1, 0.15) is 12.5 Å². The predicted molar refractivity (Wildman–Crippen MR) is 58.1 cm³/mol. The Morgan fingerprint density at radius 2 is 2.06 bits per heavy atom. The molecule has 100 valence electrons. The van der Waals surface area contributed by atoms with Gasteiger partial charge in [-0.1, -0.05) is 6.07 Å². The fourth-order valence-electron chi connectivity index (χ4n) is 1.25. The lowest BCUT2D eigenvalue weighted by Crippen LogP contribution is -2.20. The Morgan fingerprint density at radius 1 is 1.39 bits per heavy atom. The minimum Gasteiger partial charge on any atom is -0.493 e. The first-order valence-electron chi connectivity index (χ1n) is 5.22. The molecule has 0 amide bonds.